The molecule has 0 aromatic heterocycles. The van der Waals surface area contributed by atoms with Crippen molar-refractivity contribution >= 4 is 18.0 Å². The fourth-order valence-electron chi connectivity index (χ4n) is 4.07. The summed E-state index contributed by atoms with van der Waals surface area (Å²) in [7, 11) is 0. The Hall–Kier alpha value is -3.35. The molecule has 3 rings (SSSR count). The molecule has 0 unspecified atom stereocenters. The Labute approximate surface area is 188 Å². The molecule has 2 atom stereocenters. The van der Waals surface area contributed by atoms with Gasteiger partial charge in [-0.2, -0.15) is 0 Å². The highest BCUT2D eigenvalue weighted by Crippen LogP contribution is 2.44. The minimum absolute atomic E-state index is 0.00180. The number of benzene rings is 2. The van der Waals surface area contributed by atoms with Crippen molar-refractivity contribution in [3.05, 3.63) is 59.7 Å². The predicted octanol–water partition coefficient (Wildman–Crippen LogP) is 4.06. The van der Waals surface area contributed by atoms with Crippen LogP contribution in [0, 0.1) is 0 Å². The average Bonchev–Trinajstić information content (AvgIpc) is 3.09. The standard InChI is InChI=1S/C25H30N2O5/c1-3-4-9-17(14-23(28)26-16(2)24(29)30)27-25(31)32-15-22-20-12-7-5-10-18(20)19-11-6-8-13-21(19)22/h5-8,10-13,16-17,22H,3-4,9,14-15H2,1-2H3,(H,26,28)(H,27,31)(H,29,30)/t16-,17+/m1/s1. The number of carboxylic acid groups (broad SMARTS) is 1. The van der Waals surface area contributed by atoms with E-state index < -0.39 is 30.1 Å². The fourth-order valence-corrected chi connectivity index (χ4v) is 4.07. The number of fused-ring (bicyclic) bond motifs is 3. The number of alkyl carbamates (subject to hydrolysis) is 1. The molecule has 7 nitrogen and oxygen atoms in total. The molecule has 1 aliphatic rings. The molecule has 2 aromatic rings. The second-order valence-corrected chi connectivity index (χ2v) is 8.14. The topological polar surface area (TPSA) is 105 Å². The first-order chi connectivity index (χ1) is 15.4. The van der Waals surface area contributed by atoms with E-state index in [0.29, 0.717) is 6.42 Å². The Morgan fingerprint density at radius 3 is 2.16 bits per heavy atom. The van der Waals surface area contributed by atoms with Crippen LogP contribution < -0.4 is 10.6 Å². The summed E-state index contributed by atoms with van der Waals surface area (Å²) < 4.78 is 5.58. The highest BCUT2D eigenvalue weighted by atomic mass is 16.5. The van der Waals surface area contributed by atoms with Gasteiger partial charge in [-0.1, -0.05) is 68.3 Å². The van der Waals surface area contributed by atoms with Gasteiger partial charge >= 0.3 is 12.1 Å². The average molecular weight is 439 g/mol. The third-order valence-corrected chi connectivity index (χ3v) is 5.75. The molecule has 3 N–H and O–H groups in total. The van der Waals surface area contributed by atoms with Gasteiger partial charge in [-0.25, -0.2) is 4.79 Å². The maximum absolute atomic E-state index is 12.6. The van der Waals surface area contributed by atoms with E-state index in [1.807, 2.05) is 31.2 Å². The SMILES string of the molecule is CCCC[C@@H](CC(=O)N[C@H](C)C(=O)O)NC(=O)OCC1c2ccccc2-c2ccccc21. The summed E-state index contributed by atoms with van der Waals surface area (Å²) in [4.78, 5) is 35.7. The lowest BCUT2D eigenvalue weighted by Crippen LogP contribution is -2.43. The van der Waals surface area contributed by atoms with E-state index in [0.717, 1.165) is 35.1 Å². The Morgan fingerprint density at radius 1 is 1.00 bits per heavy atom. The molecule has 170 valence electrons. The summed E-state index contributed by atoms with van der Waals surface area (Å²) in [5.41, 5.74) is 4.57. The van der Waals surface area contributed by atoms with E-state index >= 15 is 0 Å². The van der Waals surface area contributed by atoms with Crippen LogP contribution in [0.5, 0.6) is 0 Å². The van der Waals surface area contributed by atoms with Crippen LogP contribution in [-0.4, -0.2) is 41.8 Å². The van der Waals surface area contributed by atoms with E-state index in [1.165, 1.54) is 6.92 Å². The van der Waals surface area contributed by atoms with Crippen LogP contribution in [0.1, 0.15) is 56.6 Å². The molecule has 0 saturated carbocycles. The molecule has 0 aliphatic heterocycles. The predicted molar refractivity (Wildman–Crippen MR) is 121 cm³/mol. The molecule has 0 bridgehead atoms. The third kappa shape index (κ3) is 5.66. The van der Waals surface area contributed by atoms with Gasteiger partial charge in [-0.15, -0.1) is 0 Å². The molecule has 2 aromatic carbocycles. The first-order valence-electron chi connectivity index (χ1n) is 11.0. The van der Waals surface area contributed by atoms with Crippen LogP contribution in [0.3, 0.4) is 0 Å². The zero-order valence-corrected chi connectivity index (χ0v) is 18.5. The molecule has 0 radical (unpaired) electrons. The number of amides is 2. The van der Waals surface area contributed by atoms with Crippen LogP contribution in [-0.2, 0) is 14.3 Å². The molecule has 0 saturated heterocycles. The number of rotatable bonds is 10. The molecule has 1 aliphatic carbocycles. The highest BCUT2D eigenvalue weighted by Gasteiger charge is 2.29. The normalized spacial score (nSPS) is 14.1. The number of aliphatic carboxylic acids is 1. The Morgan fingerprint density at radius 2 is 1.59 bits per heavy atom. The molecule has 0 heterocycles. The lowest BCUT2D eigenvalue weighted by molar-refractivity contribution is -0.141. The fraction of sp³-hybridized carbons (Fsp3) is 0.400. The van der Waals surface area contributed by atoms with E-state index in [-0.39, 0.29) is 18.9 Å². The lowest BCUT2D eigenvalue weighted by Gasteiger charge is -2.20. The van der Waals surface area contributed by atoms with E-state index in [9.17, 15) is 14.4 Å². The van der Waals surface area contributed by atoms with Crippen LogP contribution in [0.4, 0.5) is 4.79 Å². The van der Waals surface area contributed by atoms with Crippen molar-refractivity contribution in [2.45, 2.75) is 57.5 Å². The molecule has 32 heavy (non-hydrogen) atoms. The van der Waals surface area contributed by atoms with Gasteiger partial charge in [0.25, 0.3) is 0 Å². The third-order valence-electron chi connectivity index (χ3n) is 5.75. The van der Waals surface area contributed by atoms with Gasteiger partial charge in [0.15, 0.2) is 0 Å². The van der Waals surface area contributed by atoms with Crippen LogP contribution in [0.15, 0.2) is 48.5 Å². The summed E-state index contributed by atoms with van der Waals surface area (Å²) in [5.74, 6) is -1.56. The number of carbonyl (C=O) groups is 3. The Bertz CT molecular complexity index is 929. The maximum Gasteiger partial charge on any atom is 0.407 e. The number of carbonyl (C=O) groups excluding carboxylic acids is 2. The molecular weight excluding hydrogens is 408 g/mol. The second-order valence-electron chi connectivity index (χ2n) is 8.14. The minimum Gasteiger partial charge on any atom is -0.480 e. The number of hydrogen-bond acceptors (Lipinski definition) is 4. The zero-order chi connectivity index (χ0) is 23.1. The molecule has 0 fully saturated rings. The first-order valence-corrected chi connectivity index (χ1v) is 11.0. The monoisotopic (exact) mass is 438 g/mol. The van der Waals surface area contributed by atoms with Gasteiger partial charge < -0.3 is 20.5 Å². The molecular formula is C25H30N2O5. The maximum atomic E-state index is 12.6. The zero-order valence-electron chi connectivity index (χ0n) is 18.5. The van der Waals surface area contributed by atoms with Gasteiger partial charge in [0.1, 0.15) is 12.6 Å². The van der Waals surface area contributed by atoms with Crippen molar-refractivity contribution in [2.75, 3.05) is 6.61 Å². The number of unbranched alkanes of at least 4 members (excludes halogenated alkanes) is 1. The summed E-state index contributed by atoms with van der Waals surface area (Å²) in [6.07, 6.45) is 1.77. The number of ether oxygens (including phenoxy) is 1. The van der Waals surface area contributed by atoms with Crippen molar-refractivity contribution in [3.8, 4) is 11.1 Å². The highest BCUT2D eigenvalue weighted by molar-refractivity contribution is 5.84. The summed E-state index contributed by atoms with van der Waals surface area (Å²) in [6.45, 7) is 3.62. The molecule has 7 heteroatoms. The first kappa shape index (κ1) is 23.3. The van der Waals surface area contributed by atoms with Crippen LogP contribution in [0.2, 0.25) is 0 Å². The Balaban J connectivity index is 1.60. The van der Waals surface area contributed by atoms with Crippen LogP contribution in [0.25, 0.3) is 11.1 Å². The van der Waals surface area contributed by atoms with E-state index in [1.54, 1.807) is 0 Å². The molecule has 2 amide bonds. The quantitative estimate of drug-likeness (QED) is 0.519. The van der Waals surface area contributed by atoms with Crippen molar-refractivity contribution in [3.63, 3.8) is 0 Å². The van der Waals surface area contributed by atoms with Crippen molar-refractivity contribution in [1.82, 2.24) is 10.6 Å². The van der Waals surface area contributed by atoms with E-state index in [4.69, 9.17) is 9.84 Å². The number of nitrogens with one attached hydrogen (secondary N) is 2. The van der Waals surface area contributed by atoms with E-state index in [2.05, 4.69) is 34.9 Å². The smallest absolute Gasteiger partial charge is 0.407 e. The van der Waals surface area contributed by atoms with Crippen molar-refractivity contribution < 1.29 is 24.2 Å². The van der Waals surface area contributed by atoms with Gasteiger partial charge in [0.05, 0.1) is 0 Å². The van der Waals surface area contributed by atoms with Crippen molar-refractivity contribution in [1.29, 1.82) is 0 Å². The largest absolute Gasteiger partial charge is 0.480 e. The molecule has 0 spiro atoms. The van der Waals surface area contributed by atoms with Crippen LogP contribution >= 0.6 is 0 Å². The second kappa shape index (κ2) is 10.8. The lowest BCUT2D eigenvalue weighted by atomic mass is 9.98. The van der Waals surface area contributed by atoms with Gasteiger partial charge in [0.2, 0.25) is 5.91 Å². The van der Waals surface area contributed by atoms with Gasteiger partial charge in [-0.3, -0.25) is 9.59 Å². The van der Waals surface area contributed by atoms with Crippen molar-refractivity contribution in [2.24, 2.45) is 0 Å². The van der Waals surface area contributed by atoms with Gasteiger partial charge in [0, 0.05) is 18.4 Å². The number of carboxylic acids is 1. The summed E-state index contributed by atoms with van der Waals surface area (Å²) >= 11 is 0. The number of hydrogen-bond donors (Lipinski definition) is 3. The summed E-state index contributed by atoms with van der Waals surface area (Å²) in [6, 6.07) is 14.8. The Kier molecular flexibility index (Phi) is 7.87. The van der Waals surface area contributed by atoms with Gasteiger partial charge in [-0.05, 0) is 35.6 Å². The summed E-state index contributed by atoms with van der Waals surface area (Å²) in [5, 5.41) is 14.2. The minimum atomic E-state index is -1.10.